The summed E-state index contributed by atoms with van der Waals surface area (Å²) in [7, 11) is 0. The second kappa shape index (κ2) is 4.37. The summed E-state index contributed by atoms with van der Waals surface area (Å²) < 4.78 is 5.06. The maximum Gasteiger partial charge on any atom is 0.171 e. The van der Waals surface area contributed by atoms with Gasteiger partial charge >= 0.3 is 0 Å². The summed E-state index contributed by atoms with van der Waals surface area (Å²) in [5, 5.41) is 6.96. The molecule has 1 saturated heterocycles. The molecule has 0 radical (unpaired) electrons. The number of piperidine rings is 1. The fourth-order valence-corrected chi connectivity index (χ4v) is 1.85. The second-order valence-electron chi connectivity index (χ2n) is 3.73. The summed E-state index contributed by atoms with van der Waals surface area (Å²) in [6.07, 6.45) is 3.98. The van der Waals surface area contributed by atoms with Crippen molar-refractivity contribution < 1.29 is 9.32 Å². The molecule has 0 aromatic carbocycles. The standard InChI is InChI=1S/C10H14N2O2/c13-7-9-6-10(14-12-9)5-8-1-3-11-4-2-8/h6-8,11H,1-5H2. The molecule has 1 aliphatic rings. The highest BCUT2D eigenvalue weighted by Gasteiger charge is 2.15. The average Bonchev–Trinajstić information content (AvgIpc) is 2.67. The Labute approximate surface area is 82.7 Å². The van der Waals surface area contributed by atoms with Crippen LogP contribution < -0.4 is 5.32 Å². The zero-order valence-corrected chi connectivity index (χ0v) is 8.03. The highest BCUT2D eigenvalue weighted by molar-refractivity contribution is 5.71. The van der Waals surface area contributed by atoms with E-state index in [-0.39, 0.29) is 0 Å². The molecule has 2 rings (SSSR count). The molecule has 0 unspecified atom stereocenters. The van der Waals surface area contributed by atoms with Crippen LogP contribution in [0.1, 0.15) is 29.1 Å². The molecule has 4 heteroatoms. The minimum atomic E-state index is 0.397. The topological polar surface area (TPSA) is 55.1 Å². The van der Waals surface area contributed by atoms with E-state index in [1.807, 2.05) is 0 Å². The van der Waals surface area contributed by atoms with Gasteiger partial charge < -0.3 is 9.84 Å². The van der Waals surface area contributed by atoms with Crippen LogP contribution in [0.5, 0.6) is 0 Å². The molecule has 2 heterocycles. The van der Waals surface area contributed by atoms with Crippen LogP contribution in [0.3, 0.4) is 0 Å². The summed E-state index contributed by atoms with van der Waals surface area (Å²) in [4.78, 5) is 10.4. The van der Waals surface area contributed by atoms with E-state index in [0.717, 1.165) is 31.6 Å². The van der Waals surface area contributed by atoms with E-state index in [1.54, 1.807) is 6.07 Å². The predicted molar refractivity (Wildman–Crippen MR) is 51.2 cm³/mol. The summed E-state index contributed by atoms with van der Waals surface area (Å²) in [6, 6.07) is 1.73. The molecule has 76 valence electrons. The first-order chi connectivity index (χ1) is 6.88. The fourth-order valence-electron chi connectivity index (χ4n) is 1.85. The summed E-state index contributed by atoms with van der Waals surface area (Å²) >= 11 is 0. The monoisotopic (exact) mass is 194 g/mol. The van der Waals surface area contributed by atoms with Gasteiger partial charge in [0.1, 0.15) is 11.5 Å². The number of aldehydes is 1. The number of carbonyl (C=O) groups excluding carboxylic acids is 1. The van der Waals surface area contributed by atoms with Crippen LogP contribution in [0.2, 0.25) is 0 Å². The lowest BCUT2D eigenvalue weighted by molar-refractivity contribution is 0.111. The largest absolute Gasteiger partial charge is 0.361 e. The van der Waals surface area contributed by atoms with E-state index in [9.17, 15) is 4.79 Å². The molecule has 1 aromatic rings. The Kier molecular flexibility index (Phi) is 2.93. The van der Waals surface area contributed by atoms with Crippen LogP contribution in [0.25, 0.3) is 0 Å². The summed E-state index contributed by atoms with van der Waals surface area (Å²) in [6.45, 7) is 2.17. The van der Waals surface area contributed by atoms with Crippen molar-refractivity contribution in [2.24, 2.45) is 5.92 Å². The Morgan fingerprint density at radius 2 is 2.36 bits per heavy atom. The lowest BCUT2D eigenvalue weighted by atomic mass is 9.93. The number of rotatable bonds is 3. The maximum atomic E-state index is 10.4. The van der Waals surface area contributed by atoms with Gasteiger partial charge in [0.25, 0.3) is 0 Å². The first-order valence-electron chi connectivity index (χ1n) is 5.00. The predicted octanol–water partition coefficient (Wildman–Crippen LogP) is 1.03. The minimum absolute atomic E-state index is 0.397. The van der Waals surface area contributed by atoms with Gasteiger partial charge in [-0.15, -0.1) is 0 Å². The first-order valence-corrected chi connectivity index (χ1v) is 5.00. The van der Waals surface area contributed by atoms with Crippen molar-refractivity contribution in [3.63, 3.8) is 0 Å². The molecule has 0 atom stereocenters. The van der Waals surface area contributed by atoms with Crippen molar-refractivity contribution in [2.45, 2.75) is 19.3 Å². The molecular weight excluding hydrogens is 180 g/mol. The van der Waals surface area contributed by atoms with Crippen molar-refractivity contribution >= 4 is 6.29 Å². The molecule has 0 bridgehead atoms. The molecule has 0 spiro atoms. The van der Waals surface area contributed by atoms with Crippen LogP contribution in [-0.2, 0) is 6.42 Å². The van der Waals surface area contributed by atoms with Crippen LogP contribution in [0, 0.1) is 5.92 Å². The molecule has 1 aliphatic heterocycles. The van der Waals surface area contributed by atoms with Crippen molar-refractivity contribution in [1.82, 2.24) is 10.5 Å². The van der Waals surface area contributed by atoms with Gasteiger partial charge in [0.15, 0.2) is 6.29 Å². The number of carbonyl (C=O) groups is 1. The van der Waals surface area contributed by atoms with Gasteiger partial charge in [0.05, 0.1) is 0 Å². The van der Waals surface area contributed by atoms with Gasteiger partial charge in [-0.3, -0.25) is 4.79 Å². The molecule has 1 N–H and O–H groups in total. The molecule has 1 aromatic heterocycles. The molecule has 4 nitrogen and oxygen atoms in total. The Hall–Kier alpha value is -1.16. The van der Waals surface area contributed by atoms with Crippen molar-refractivity contribution in [2.75, 3.05) is 13.1 Å². The smallest absolute Gasteiger partial charge is 0.171 e. The van der Waals surface area contributed by atoms with Gasteiger partial charge in [-0.25, -0.2) is 0 Å². The maximum absolute atomic E-state index is 10.4. The molecule has 0 amide bonds. The van der Waals surface area contributed by atoms with Crippen LogP contribution in [0.15, 0.2) is 10.6 Å². The van der Waals surface area contributed by atoms with Crippen molar-refractivity contribution in [1.29, 1.82) is 0 Å². The normalized spacial score (nSPS) is 18.3. The van der Waals surface area contributed by atoms with Gasteiger partial charge in [0.2, 0.25) is 0 Å². The van der Waals surface area contributed by atoms with Crippen molar-refractivity contribution in [3.8, 4) is 0 Å². The second-order valence-corrected chi connectivity index (χ2v) is 3.73. The third kappa shape index (κ3) is 2.20. The third-order valence-electron chi connectivity index (χ3n) is 2.65. The van der Waals surface area contributed by atoms with Crippen LogP contribution in [0.4, 0.5) is 0 Å². The number of nitrogens with zero attached hydrogens (tertiary/aromatic N) is 1. The lowest BCUT2D eigenvalue weighted by Crippen LogP contribution is -2.28. The first kappa shape index (κ1) is 9.40. The van der Waals surface area contributed by atoms with Gasteiger partial charge in [-0.05, 0) is 31.8 Å². The van der Waals surface area contributed by atoms with E-state index >= 15 is 0 Å². The Bertz CT molecular complexity index is 303. The Balaban J connectivity index is 1.92. The SMILES string of the molecule is O=Cc1cc(CC2CCNCC2)on1. The number of hydrogen-bond donors (Lipinski definition) is 1. The average molecular weight is 194 g/mol. The van der Waals surface area contributed by atoms with E-state index in [0.29, 0.717) is 11.6 Å². The number of hydrogen-bond acceptors (Lipinski definition) is 4. The van der Waals surface area contributed by atoms with E-state index in [2.05, 4.69) is 10.5 Å². The molecule has 14 heavy (non-hydrogen) atoms. The molecule has 1 fully saturated rings. The minimum Gasteiger partial charge on any atom is -0.361 e. The van der Waals surface area contributed by atoms with Crippen LogP contribution >= 0.6 is 0 Å². The van der Waals surface area contributed by atoms with Gasteiger partial charge in [-0.2, -0.15) is 0 Å². The van der Waals surface area contributed by atoms with Gasteiger partial charge in [0, 0.05) is 12.5 Å². The zero-order chi connectivity index (χ0) is 9.80. The quantitative estimate of drug-likeness (QED) is 0.730. The fraction of sp³-hybridized carbons (Fsp3) is 0.600. The highest BCUT2D eigenvalue weighted by Crippen LogP contribution is 2.18. The summed E-state index contributed by atoms with van der Waals surface area (Å²) in [5.74, 6) is 1.50. The van der Waals surface area contributed by atoms with E-state index in [1.165, 1.54) is 12.8 Å². The third-order valence-corrected chi connectivity index (χ3v) is 2.65. The van der Waals surface area contributed by atoms with Crippen molar-refractivity contribution in [3.05, 3.63) is 17.5 Å². The zero-order valence-electron chi connectivity index (χ0n) is 8.03. The van der Waals surface area contributed by atoms with E-state index in [4.69, 9.17) is 4.52 Å². The van der Waals surface area contributed by atoms with E-state index < -0.39 is 0 Å². The highest BCUT2D eigenvalue weighted by atomic mass is 16.5. The summed E-state index contributed by atoms with van der Waals surface area (Å²) in [5.41, 5.74) is 0.397. The van der Waals surface area contributed by atoms with Crippen LogP contribution in [-0.4, -0.2) is 24.5 Å². The Morgan fingerprint density at radius 3 is 3.00 bits per heavy atom. The lowest BCUT2D eigenvalue weighted by Gasteiger charge is -2.21. The Morgan fingerprint density at radius 1 is 1.57 bits per heavy atom. The molecule has 0 saturated carbocycles. The molecule has 0 aliphatic carbocycles. The molecular formula is C10H14N2O2. The number of nitrogens with one attached hydrogen (secondary N) is 1. The van der Waals surface area contributed by atoms with Gasteiger partial charge in [-0.1, -0.05) is 5.16 Å². The number of aromatic nitrogens is 1.